The van der Waals surface area contributed by atoms with Crippen LogP contribution in [-0.2, 0) is 16.8 Å². The first-order chi connectivity index (χ1) is 12.1. The fraction of sp³-hybridized carbons (Fsp3) is 0.381. The molecule has 0 saturated heterocycles. The van der Waals surface area contributed by atoms with E-state index in [1.807, 2.05) is 30.3 Å². The molecule has 1 amide bonds. The largest absolute Gasteiger partial charge is 0.354 e. The second kappa shape index (κ2) is 8.03. The van der Waals surface area contributed by atoms with Crippen LogP contribution in [0.25, 0.3) is 0 Å². The zero-order valence-electron chi connectivity index (χ0n) is 14.7. The van der Waals surface area contributed by atoms with Gasteiger partial charge in [-0.3, -0.25) is 4.79 Å². The molecule has 25 heavy (non-hydrogen) atoms. The van der Waals surface area contributed by atoms with Crippen molar-refractivity contribution in [1.29, 1.82) is 0 Å². The van der Waals surface area contributed by atoms with Crippen molar-refractivity contribution in [2.24, 2.45) is 0 Å². The maximum absolute atomic E-state index is 12.8. The van der Waals surface area contributed by atoms with Gasteiger partial charge < -0.3 is 10.2 Å². The normalized spacial score (nSPS) is 15.6. The van der Waals surface area contributed by atoms with E-state index in [2.05, 4.69) is 41.5 Å². The van der Waals surface area contributed by atoms with Crippen LogP contribution in [0.4, 0.5) is 0 Å². The molecule has 0 heterocycles. The van der Waals surface area contributed by atoms with E-state index in [4.69, 9.17) is 11.6 Å². The van der Waals surface area contributed by atoms with E-state index in [9.17, 15) is 4.79 Å². The van der Waals surface area contributed by atoms with E-state index in [0.717, 1.165) is 37.9 Å². The Morgan fingerprint density at radius 2 is 1.92 bits per heavy atom. The van der Waals surface area contributed by atoms with Gasteiger partial charge in [0.25, 0.3) is 0 Å². The molecule has 1 N–H and O–H groups in total. The minimum absolute atomic E-state index is 0.133. The number of halogens is 1. The lowest BCUT2D eigenvalue weighted by molar-refractivity contribution is -0.129. The van der Waals surface area contributed by atoms with Crippen LogP contribution in [0.3, 0.4) is 0 Å². The molecule has 0 unspecified atom stereocenters. The van der Waals surface area contributed by atoms with Gasteiger partial charge in [-0.25, -0.2) is 0 Å². The number of likely N-dealkylation sites (N-methyl/N-ethyl adjacent to an activating group) is 1. The van der Waals surface area contributed by atoms with Gasteiger partial charge in [0, 0.05) is 24.7 Å². The zero-order valence-corrected chi connectivity index (χ0v) is 15.4. The molecule has 1 saturated carbocycles. The van der Waals surface area contributed by atoms with Crippen molar-refractivity contribution in [1.82, 2.24) is 10.2 Å². The van der Waals surface area contributed by atoms with Gasteiger partial charge in [-0.2, -0.15) is 0 Å². The Balaban J connectivity index is 1.53. The molecule has 0 atom stereocenters. The predicted molar refractivity (Wildman–Crippen MR) is 103 cm³/mol. The molecule has 1 aliphatic rings. The smallest absolute Gasteiger partial charge is 0.230 e. The van der Waals surface area contributed by atoms with Gasteiger partial charge in [-0.1, -0.05) is 60.5 Å². The number of rotatable bonds is 7. The van der Waals surface area contributed by atoms with Gasteiger partial charge in [0.1, 0.15) is 0 Å². The third kappa shape index (κ3) is 4.23. The summed E-state index contributed by atoms with van der Waals surface area (Å²) in [5.41, 5.74) is 1.94. The highest BCUT2D eigenvalue weighted by atomic mass is 35.5. The Bertz CT molecular complexity index is 713. The second-order valence-corrected chi connectivity index (χ2v) is 7.36. The molecule has 0 radical (unpaired) electrons. The minimum atomic E-state index is -0.386. The first-order valence-electron chi connectivity index (χ1n) is 8.87. The van der Waals surface area contributed by atoms with Crippen LogP contribution in [0.15, 0.2) is 54.6 Å². The lowest BCUT2D eigenvalue weighted by Gasteiger charge is -2.41. The third-order valence-corrected chi connectivity index (χ3v) is 5.33. The van der Waals surface area contributed by atoms with Crippen molar-refractivity contribution >= 4 is 17.5 Å². The van der Waals surface area contributed by atoms with Crippen molar-refractivity contribution in [2.75, 3.05) is 20.1 Å². The Kier molecular flexibility index (Phi) is 5.77. The monoisotopic (exact) mass is 356 g/mol. The topological polar surface area (TPSA) is 32.3 Å². The molecular formula is C21H25ClN2O. The van der Waals surface area contributed by atoms with Crippen molar-refractivity contribution in [2.45, 2.75) is 31.2 Å². The number of amides is 1. The van der Waals surface area contributed by atoms with E-state index in [1.165, 1.54) is 5.56 Å². The van der Waals surface area contributed by atoms with E-state index < -0.39 is 0 Å². The molecule has 2 aromatic rings. The quantitative estimate of drug-likeness (QED) is 0.813. The number of benzene rings is 2. The van der Waals surface area contributed by atoms with Crippen LogP contribution in [0.1, 0.15) is 30.4 Å². The average molecular weight is 357 g/mol. The van der Waals surface area contributed by atoms with E-state index in [-0.39, 0.29) is 11.3 Å². The summed E-state index contributed by atoms with van der Waals surface area (Å²) < 4.78 is 0. The molecular weight excluding hydrogens is 332 g/mol. The maximum atomic E-state index is 12.8. The first kappa shape index (κ1) is 18.0. The van der Waals surface area contributed by atoms with E-state index >= 15 is 0 Å². The van der Waals surface area contributed by atoms with Gasteiger partial charge >= 0.3 is 0 Å². The maximum Gasteiger partial charge on any atom is 0.230 e. The van der Waals surface area contributed by atoms with Crippen LogP contribution in [0.2, 0.25) is 5.02 Å². The summed E-state index contributed by atoms with van der Waals surface area (Å²) in [6, 6.07) is 18.1. The molecule has 1 aliphatic carbocycles. The Morgan fingerprint density at radius 1 is 1.16 bits per heavy atom. The molecule has 0 spiro atoms. The average Bonchev–Trinajstić information content (AvgIpc) is 2.55. The van der Waals surface area contributed by atoms with Gasteiger partial charge in [0.2, 0.25) is 5.91 Å². The van der Waals surface area contributed by atoms with Crippen LogP contribution >= 0.6 is 11.6 Å². The third-order valence-electron chi connectivity index (χ3n) is 5.09. The molecule has 2 aromatic carbocycles. The summed E-state index contributed by atoms with van der Waals surface area (Å²) in [4.78, 5) is 15.1. The first-order valence-corrected chi connectivity index (χ1v) is 9.25. The summed E-state index contributed by atoms with van der Waals surface area (Å²) in [6.45, 7) is 2.37. The minimum Gasteiger partial charge on any atom is -0.354 e. The lowest BCUT2D eigenvalue weighted by Crippen LogP contribution is -2.50. The van der Waals surface area contributed by atoms with Gasteiger partial charge in [-0.05, 0) is 43.1 Å². The van der Waals surface area contributed by atoms with Crippen molar-refractivity contribution in [3.8, 4) is 0 Å². The molecule has 3 nitrogen and oxygen atoms in total. The predicted octanol–water partition coefficient (Wildman–Crippen LogP) is 4.01. The fourth-order valence-corrected chi connectivity index (χ4v) is 3.66. The molecule has 0 aromatic heterocycles. The number of carbonyl (C=O) groups is 1. The van der Waals surface area contributed by atoms with Gasteiger partial charge in [0.15, 0.2) is 0 Å². The SMILES string of the molecule is CN(CCNC(=O)C1(c2cccc(Cl)c2)CCC1)Cc1ccccc1. The van der Waals surface area contributed by atoms with E-state index in [0.29, 0.717) is 11.6 Å². The Hall–Kier alpha value is -1.84. The summed E-state index contributed by atoms with van der Waals surface area (Å²) in [6.07, 6.45) is 2.89. The molecule has 0 aliphatic heterocycles. The highest BCUT2D eigenvalue weighted by Crippen LogP contribution is 2.44. The van der Waals surface area contributed by atoms with Crippen molar-refractivity contribution < 1.29 is 4.79 Å². The lowest BCUT2D eigenvalue weighted by atomic mass is 9.64. The van der Waals surface area contributed by atoms with Crippen LogP contribution in [-0.4, -0.2) is 30.9 Å². The highest BCUT2D eigenvalue weighted by molar-refractivity contribution is 6.30. The highest BCUT2D eigenvalue weighted by Gasteiger charge is 2.45. The number of nitrogens with one attached hydrogen (secondary N) is 1. The van der Waals surface area contributed by atoms with Crippen LogP contribution in [0.5, 0.6) is 0 Å². The second-order valence-electron chi connectivity index (χ2n) is 6.93. The van der Waals surface area contributed by atoms with Crippen LogP contribution < -0.4 is 5.32 Å². The fourth-order valence-electron chi connectivity index (χ4n) is 3.47. The van der Waals surface area contributed by atoms with Crippen molar-refractivity contribution in [3.05, 3.63) is 70.7 Å². The Morgan fingerprint density at radius 3 is 2.56 bits per heavy atom. The molecule has 0 bridgehead atoms. The standard InChI is InChI=1S/C21H25ClN2O/c1-24(16-17-7-3-2-4-8-17)14-13-23-20(25)21(11-6-12-21)18-9-5-10-19(22)15-18/h2-5,7-10,15H,6,11-14,16H2,1H3,(H,23,25). The summed E-state index contributed by atoms with van der Waals surface area (Å²) in [5, 5.41) is 3.83. The summed E-state index contributed by atoms with van der Waals surface area (Å²) >= 11 is 6.12. The van der Waals surface area contributed by atoms with Crippen LogP contribution in [0, 0.1) is 0 Å². The number of carbonyl (C=O) groups excluding carboxylic acids is 1. The molecule has 4 heteroatoms. The molecule has 3 rings (SSSR count). The number of hydrogen-bond donors (Lipinski definition) is 1. The summed E-state index contributed by atoms with van der Waals surface area (Å²) in [5.74, 6) is 0.133. The number of hydrogen-bond acceptors (Lipinski definition) is 2. The van der Waals surface area contributed by atoms with Crippen molar-refractivity contribution in [3.63, 3.8) is 0 Å². The Labute approximate surface area is 155 Å². The van der Waals surface area contributed by atoms with Gasteiger partial charge in [0.05, 0.1) is 5.41 Å². The molecule has 1 fully saturated rings. The van der Waals surface area contributed by atoms with E-state index in [1.54, 1.807) is 0 Å². The molecule has 132 valence electrons. The number of nitrogens with zero attached hydrogens (tertiary/aromatic N) is 1. The zero-order chi connectivity index (χ0) is 17.7. The van der Waals surface area contributed by atoms with Gasteiger partial charge in [-0.15, -0.1) is 0 Å². The summed E-state index contributed by atoms with van der Waals surface area (Å²) in [7, 11) is 2.08.